The predicted molar refractivity (Wildman–Crippen MR) is 122 cm³/mol. The van der Waals surface area contributed by atoms with E-state index in [1.54, 1.807) is 32.0 Å². The second kappa shape index (κ2) is 10.8. The Bertz CT molecular complexity index is 1040. The fraction of sp³-hybridized carbons (Fsp3) is 0.261. The molecule has 168 valence electrons. The highest BCUT2D eigenvalue weighted by Crippen LogP contribution is 2.35. The Morgan fingerprint density at radius 3 is 2.62 bits per heavy atom. The molecule has 0 radical (unpaired) electrons. The Morgan fingerprint density at radius 2 is 1.91 bits per heavy atom. The number of benzene rings is 2. The molecule has 9 heteroatoms. The normalized spacial score (nSPS) is 15.5. The van der Waals surface area contributed by atoms with Gasteiger partial charge in [-0.15, -0.1) is 0 Å². The van der Waals surface area contributed by atoms with Crippen molar-refractivity contribution in [2.75, 3.05) is 13.2 Å². The summed E-state index contributed by atoms with van der Waals surface area (Å²) in [5.41, 5.74) is 2.15. The Balaban J connectivity index is 1.79. The minimum absolute atomic E-state index is 0.194. The van der Waals surface area contributed by atoms with Crippen molar-refractivity contribution in [2.24, 2.45) is 0 Å². The van der Waals surface area contributed by atoms with Crippen molar-refractivity contribution in [3.63, 3.8) is 0 Å². The first kappa shape index (κ1) is 23.3. The minimum atomic E-state index is -0.803. The lowest BCUT2D eigenvalue weighted by Crippen LogP contribution is -2.45. The van der Waals surface area contributed by atoms with Crippen LogP contribution < -0.4 is 20.7 Å². The number of hydrogen-bond acceptors (Lipinski definition) is 5. The number of allylic oxidation sites excluding steroid dienone is 1. The van der Waals surface area contributed by atoms with Crippen molar-refractivity contribution >= 4 is 33.8 Å². The number of hydrogen-bond donors (Lipinski definition) is 3. The van der Waals surface area contributed by atoms with Crippen LogP contribution in [0.2, 0.25) is 0 Å². The molecule has 8 nitrogen and oxygen atoms in total. The summed E-state index contributed by atoms with van der Waals surface area (Å²) in [5, 5.41) is 8.14. The molecule has 0 spiro atoms. The zero-order valence-corrected chi connectivity index (χ0v) is 19.3. The summed E-state index contributed by atoms with van der Waals surface area (Å²) < 4.78 is 11.7. The third kappa shape index (κ3) is 5.88. The number of carbonyl (C=O) groups is 3. The van der Waals surface area contributed by atoms with Gasteiger partial charge in [-0.05, 0) is 37.6 Å². The maximum Gasteiger partial charge on any atom is 0.338 e. The quantitative estimate of drug-likeness (QED) is 0.481. The van der Waals surface area contributed by atoms with Gasteiger partial charge in [0, 0.05) is 22.3 Å². The summed E-state index contributed by atoms with van der Waals surface area (Å²) in [6, 6.07) is 13.4. The van der Waals surface area contributed by atoms with E-state index in [1.165, 1.54) is 0 Å². The molecule has 3 amide bonds. The van der Waals surface area contributed by atoms with Gasteiger partial charge in [-0.3, -0.25) is 4.79 Å². The van der Waals surface area contributed by atoms with Gasteiger partial charge in [-0.2, -0.15) is 0 Å². The fourth-order valence-electron chi connectivity index (χ4n) is 3.27. The summed E-state index contributed by atoms with van der Waals surface area (Å²) in [4.78, 5) is 37.0. The van der Waals surface area contributed by atoms with Gasteiger partial charge >= 0.3 is 12.0 Å². The molecule has 1 aliphatic heterocycles. The fourth-order valence-corrected chi connectivity index (χ4v) is 3.65. The first-order valence-electron chi connectivity index (χ1n) is 10.1. The van der Waals surface area contributed by atoms with Gasteiger partial charge in [0.2, 0.25) is 0 Å². The van der Waals surface area contributed by atoms with Crippen LogP contribution in [0.5, 0.6) is 5.75 Å². The second-order valence-electron chi connectivity index (χ2n) is 7.02. The molecule has 1 atom stereocenters. The molecular formula is C23H24BrN3O5. The lowest BCUT2D eigenvalue weighted by Gasteiger charge is -2.29. The van der Waals surface area contributed by atoms with Gasteiger partial charge < -0.3 is 25.4 Å². The van der Waals surface area contributed by atoms with Gasteiger partial charge in [0.1, 0.15) is 5.75 Å². The SMILES string of the molecule is CCOC(=O)C1=C(C)NC(=O)NC1c1cc(Br)ccc1OCC(=O)NCc1ccccc1. The number of halogens is 1. The van der Waals surface area contributed by atoms with Crippen LogP contribution in [0.1, 0.15) is 31.0 Å². The lowest BCUT2D eigenvalue weighted by atomic mass is 9.95. The Kier molecular flexibility index (Phi) is 7.88. The van der Waals surface area contributed by atoms with E-state index < -0.39 is 18.0 Å². The smallest absolute Gasteiger partial charge is 0.338 e. The zero-order chi connectivity index (χ0) is 23.1. The van der Waals surface area contributed by atoms with Crippen molar-refractivity contribution in [2.45, 2.75) is 26.4 Å². The Labute approximate surface area is 194 Å². The molecular weight excluding hydrogens is 478 g/mol. The number of rotatable bonds is 8. The van der Waals surface area contributed by atoms with Crippen LogP contribution in [0.4, 0.5) is 4.79 Å². The van der Waals surface area contributed by atoms with Crippen LogP contribution in [0.25, 0.3) is 0 Å². The number of urea groups is 1. The summed E-state index contributed by atoms with van der Waals surface area (Å²) >= 11 is 3.42. The minimum Gasteiger partial charge on any atom is -0.483 e. The van der Waals surface area contributed by atoms with Gasteiger partial charge in [-0.1, -0.05) is 46.3 Å². The molecule has 2 aromatic carbocycles. The standard InChI is InChI=1S/C23H24BrN3O5/c1-3-31-22(29)20-14(2)26-23(30)27-21(20)17-11-16(24)9-10-18(17)32-13-19(28)25-12-15-7-5-4-6-8-15/h4-11,21H,3,12-13H2,1-2H3,(H,25,28)(H2,26,27,30). The van der Waals surface area contributed by atoms with E-state index in [4.69, 9.17) is 9.47 Å². The average molecular weight is 502 g/mol. The van der Waals surface area contributed by atoms with Crippen LogP contribution in [0.15, 0.2) is 64.3 Å². The van der Waals surface area contributed by atoms with E-state index in [1.807, 2.05) is 30.3 Å². The van der Waals surface area contributed by atoms with Crippen LogP contribution in [-0.2, 0) is 20.9 Å². The monoisotopic (exact) mass is 501 g/mol. The molecule has 0 aliphatic carbocycles. The van der Waals surface area contributed by atoms with Crippen molar-refractivity contribution in [1.82, 2.24) is 16.0 Å². The van der Waals surface area contributed by atoms with E-state index in [9.17, 15) is 14.4 Å². The predicted octanol–water partition coefficient (Wildman–Crippen LogP) is 3.34. The van der Waals surface area contributed by atoms with Crippen LogP contribution >= 0.6 is 15.9 Å². The Hall–Kier alpha value is -3.33. The van der Waals surface area contributed by atoms with Gasteiger partial charge in [-0.25, -0.2) is 9.59 Å². The maximum absolute atomic E-state index is 12.6. The van der Waals surface area contributed by atoms with E-state index in [-0.39, 0.29) is 24.7 Å². The summed E-state index contributed by atoms with van der Waals surface area (Å²) in [6.07, 6.45) is 0. The summed E-state index contributed by atoms with van der Waals surface area (Å²) in [6.45, 7) is 3.69. The maximum atomic E-state index is 12.6. The summed E-state index contributed by atoms with van der Waals surface area (Å²) in [5.74, 6) is -0.478. The van der Waals surface area contributed by atoms with Crippen LogP contribution in [0.3, 0.4) is 0 Å². The van der Waals surface area contributed by atoms with E-state index in [0.717, 1.165) is 10.0 Å². The van der Waals surface area contributed by atoms with Crippen LogP contribution in [0, 0.1) is 0 Å². The lowest BCUT2D eigenvalue weighted by molar-refractivity contribution is -0.139. The van der Waals surface area contributed by atoms with Crippen molar-refractivity contribution in [3.05, 3.63) is 75.4 Å². The van der Waals surface area contributed by atoms with Crippen molar-refractivity contribution < 1.29 is 23.9 Å². The van der Waals surface area contributed by atoms with E-state index >= 15 is 0 Å². The van der Waals surface area contributed by atoms with Crippen LogP contribution in [-0.4, -0.2) is 31.1 Å². The largest absolute Gasteiger partial charge is 0.483 e. The molecule has 0 aromatic heterocycles. The van der Waals surface area contributed by atoms with Gasteiger partial charge in [0.05, 0.1) is 18.2 Å². The van der Waals surface area contributed by atoms with Crippen molar-refractivity contribution in [3.8, 4) is 5.75 Å². The molecule has 3 N–H and O–H groups in total. The molecule has 2 aromatic rings. The Morgan fingerprint density at radius 1 is 1.16 bits per heavy atom. The topological polar surface area (TPSA) is 106 Å². The molecule has 1 heterocycles. The highest BCUT2D eigenvalue weighted by molar-refractivity contribution is 9.10. The van der Waals surface area contributed by atoms with E-state index in [2.05, 4.69) is 31.9 Å². The second-order valence-corrected chi connectivity index (χ2v) is 7.94. The molecule has 0 fully saturated rings. The number of nitrogens with one attached hydrogen (secondary N) is 3. The molecule has 0 saturated carbocycles. The number of ether oxygens (including phenoxy) is 2. The summed E-state index contributed by atoms with van der Waals surface area (Å²) in [7, 11) is 0. The van der Waals surface area contributed by atoms with Crippen molar-refractivity contribution in [1.29, 1.82) is 0 Å². The first-order valence-corrected chi connectivity index (χ1v) is 10.9. The third-order valence-corrected chi connectivity index (χ3v) is 5.23. The highest BCUT2D eigenvalue weighted by atomic mass is 79.9. The number of esters is 1. The highest BCUT2D eigenvalue weighted by Gasteiger charge is 2.34. The molecule has 0 saturated heterocycles. The molecule has 32 heavy (non-hydrogen) atoms. The number of amides is 3. The molecule has 3 rings (SSSR count). The molecule has 1 unspecified atom stereocenters. The average Bonchev–Trinajstić information content (AvgIpc) is 2.77. The van der Waals surface area contributed by atoms with Gasteiger partial charge in [0.25, 0.3) is 5.91 Å². The first-order chi connectivity index (χ1) is 15.4. The van der Waals surface area contributed by atoms with Gasteiger partial charge in [0.15, 0.2) is 6.61 Å². The molecule has 0 bridgehead atoms. The third-order valence-electron chi connectivity index (χ3n) is 4.74. The number of carbonyl (C=O) groups excluding carboxylic acids is 3. The van der Waals surface area contributed by atoms with E-state index in [0.29, 0.717) is 23.6 Å². The molecule has 1 aliphatic rings. The zero-order valence-electron chi connectivity index (χ0n) is 17.7.